The highest BCUT2D eigenvalue weighted by atomic mass is 79.9. The number of halogens is 2. The van der Waals surface area contributed by atoms with Crippen LogP contribution in [-0.2, 0) is 0 Å². The maximum absolute atomic E-state index is 11.8. The number of hydrogen-bond donors (Lipinski definition) is 2. The minimum Gasteiger partial charge on any atom is -0.348 e. The van der Waals surface area contributed by atoms with Crippen LogP contribution in [0, 0.1) is 0 Å². The van der Waals surface area contributed by atoms with Crippen molar-refractivity contribution in [1.82, 2.24) is 10.6 Å². The molecule has 0 saturated carbocycles. The van der Waals surface area contributed by atoms with Crippen LogP contribution in [0.1, 0.15) is 22.5 Å². The van der Waals surface area contributed by atoms with Crippen LogP contribution in [0.3, 0.4) is 0 Å². The van der Waals surface area contributed by atoms with Crippen molar-refractivity contribution in [2.45, 2.75) is 18.9 Å². The molecule has 0 radical (unpaired) electrons. The molecule has 1 amide bonds. The number of nitrogens with one attached hydrogen (secondary N) is 2. The molecule has 0 atom stereocenters. The van der Waals surface area contributed by atoms with E-state index in [1.54, 1.807) is 0 Å². The van der Waals surface area contributed by atoms with E-state index in [-0.39, 0.29) is 18.3 Å². The second kappa shape index (κ2) is 6.59. The second-order valence-corrected chi connectivity index (χ2v) is 5.37. The molecule has 16 heavy (non-hydrogen) atoms. The van der Waals surface area contributed by atoms with Crippen molar-refractivity contribution in [3.8, 4) is 0 Å². The summed E-state index contributed by atoms with van der Waals surface area (Å²) in [4.78, 5) is 12.6. The van der Waals surface area contributed by atoms with Crippen molar-refractivity contribution < 1.29 is 4.79 Å². The van der Waals surface area contributed by atoms with Crippen LogP contribution in [0.4, 0.5) is 0 Å². The minimum atomic E-state index is 0. The molecule has 2 rings (SSSR count). The Bertz CT molecular complexity index is 352. The van der Waals surface area contributed by atoms with Gasteiger partial charge in [0.15, 0.2) is 0 Å². The molecule has 0 unspecified atom stereocenters. The topological polar surface area (TPSA) is 41.1 Å². The van der Waals surface area contributed by atoms with E-state index in [4.69, 9.17) is 0 Å². The lowest BCUT2D eigenvalue weighted by molar-refractivity contribution is 0.0933. The third-order valence-corrected chi connectivity index (χ3v) is 4.33. The zero-order chi connectivity index (χ0) is 10.7. The van der Waals surface area contributed by atoms with Crippen LogP contribution in [0.15, 0.2) is 15.9 Å². The Balaban J connectivity index is 0.00000128. The van der Waals surface area contributed by atoms with Gasteiger partial charge in [-0.15, -0.1) is 23.7 Å². The standard InChI is InChI=1S/C10H13BrN2OS.ClH/c11-8-3-6-15-9(8)10(14)13-7-1-4-12-5-2-7;/h3,6-7,12H,1-2,4-5H2,(H,13,14);1H. The molecule has 2 N–H and O–H groups in total. The van der Waals surface area contributed by atoms with Gasteiger partial charge in [-0.2, -0.15) is 0 Å². The summed E-state index contributed by atoms with van der Waals surface area (Å²) in [6, 6.07) is 2.23. The quantitative estimate of drug-likeness (QED) is 0.877. The summed E-state index contributed by atoms with van der Waals surface area (Å²) >= 11 is 4.84. The third kappa shape index (κ3) is 3.45. The number of carbonyl (C=O) groups is 1. The predicted molar refractivity (Wildman–Crippen MR) is 72.6 cm³/mol. The Morgan fingerprint density at radius 2 is 2.19 bits per heavy atom. The van der Waals surface area contributed by atoms with Crippen molar-refractivity contribution in [3.05, 3.63) is 20.8 Å². The highest BCUT2D eigenvalue weighted by Gasteiger charge is 2.18. The second-order valence-electron chi connectivity index (χ2n) is 3.60. The molecule has 1 aromatic rings. The molecule has 0 aromatic carbocycles. The van der Waals surface area contributed by atoms with Crippen LogP contribution < -0.4 is 10.6 Å². The van der Waals surface area contributed by atoms with Gasteiger partial charge in [-0.1, -0.05) is 0 Å². The smallest absolute Gasteiger partial charge is 0.262 e. The first-order valence-electron chi connectivity index (χ1n) is 5.02. The lowest BCUT2D eigenvalue weighted by atomic mass is 10.1. The molecule has 3 nitrogen and oxygen atoms in total. The number of amides is 1. The van der Waals surface area contributed by atoms with E-state index in [0.717, 1.165) is 35.3 Å². The highest BCUT2D eigenvalue weighted by Crippen LogP contribution is 2.22. The highest BCUT2D eigenvalue weighted by molar-refractivity contribution is 9.10. The van der Waals surface area contributed by atoms with Crippen molar-refractivity contribution >= 4 is 45.6 Å². The van der Waals surface area contributed by atoms with E-state index >= 15 is 0 Å². The monoisotopic (exact) mass is 324 g/mol. The SMILES string of the molecule is Cl.O=C(NC1CCNCC1)c1sccc1Br. The molecule has 6 heteroatoms. The summed E-state index contributed by atoms with van der Waals surface area (Å²) in [6.45, 7) is 1.99. The molecule has 0 spiro atoms. The summed E-state index contributed by atoms with van der Waals surface area (Å²) in [5.74, 6) is 0.0452. The fraction of sp³-hybridized carbons (Fsp3) is 0.500. The molecule has 0 bridgehead atoms. The van der Waals surface area contributed by atoms with Gasteiger partial charge in [-0.25, -0.2) is 0 Å². The average molecular weight is 326 g/mol. The first-order valence-corrected chi connectivity index (χ1v) is 6.69. The average Bonchev–Trinajstić information content (AvgIpc) is 2.66. The maximum Gasteiger partial charge on any atom is 0.262 e. The predicted octanol–water partition coefficient (Wildman–Crippen LogP) is 2.41. The Hall–Kier alpha value is -0.100. The van der Waals surface area contributed by atoms with E-state index < -0.39 is 0 Å². The summed E-state index contributed by atoms with van der Waals surface area (Å²) in [6.07, 6.45) is 2.05. The molecule has 0 aliphatic carbocycles. The zero-order valence-electron chi connectivity index (χ0n) is 8.66. The minimum absolute atomic E-state index is 0. The van der Waals surface area contributed by atoms with E-state index in [1.165, 1.54) is 11.3 Å². The molecule has 1 aromatic heterocycles. The van der Waals surface area contributed by atoms with Gasteiger partial charge in [-0.05, 0) is 53.3 Å². The van der Waals surface area contributed by atoms with Crippen LogP contribution in [-0.4, -0.2) is 25.0 Å². The van der Waals surface area contributed by atoms with Gasteiger partial charge in [0, 0.05) is 10.5 Å². The van der Waals surface area contributed by atoms with Gasteiger partial charge in [0.25, 0.3) is 5.91 Å². The Morgan fingerprint density at radius 3 is 2.75 bits per heavy atom. The summed E-state index contributed by atoms with van der Waals surface area (Å²) in [5.41, 5.74) is 0. The number of thiophene rings is 1. The van der Waals surface area contributed by atoms with Gasteiger partial charge in [0.1, 0.15) is 4.88 Å². The lowest BCUT2D eigenvalue weighted by Crippen LogP contribution is -2.42. The fourth-order valence-electron chi connectivity index (χ4n) is 1.67. The van der Waals surface area contributed by atoms with Gasteiger partial charge in [0.05, 0.1) is 0 Å². The van der Waals surface area contributed by atoms with E-state index in [2.05, 4.69) is 26.6 Å². The largest absolute Gasteiger partial charge is 0.348 e. The molecule has 90 valence electrons. The van der Waals surface area contributed by atoms with Gasteiger partial charge < -0.3 is 10.6 Å². The first kappa shape index (κ1) is 14.0. The third-order valence-electron chi connectivity index (χ3n) is 2.50. The number of hydrogen-bond acceptors (Lipinski definition) is 3. The van der Waals surface area contributed by atoms with Crippen LogP contribution in [0.2, 0.25) is 0 Å². The molecular weight excluding hydrogens is 312 g/mol. The van der Waals surface area contributed by atoms with Gasteiger partial charge >= 0.3 is 0 Å². The maximum atomic E-state index is 11.8. The molecular formula is C10H14BrClN2OS. The molecule has 1 saturated heterocycles. The van der Waals surface area contributed by atoms with Crippen LogP contribution >= 0.6 is 39.7 Å². The number of rotatable bonds is 2. The normalized spacial score (nSPS) is 16.6. The van der Waals surface area contributed by atoms with Crippen LogP contribution in [0.25, 0.3) is 0 Å². The first-order chi connectivity index (χ1) is 7.27. The summed E-state index contributed by atoms with van der Waals surface area (Å²) in [7, 11) is 0. The molecule has 2 heterocycles. The lowest BCUT2D eigenvalue weighted by Gasteiger charge is -2.23. The van der Waals surface area contributed by atoms with Crippen molar-refractivity contribution in [2.75, 3.05) is 13.1 Å². The van der Waals surface area contributed by atoms with Crippen LogP contribution in [0.5, 0.6) is 0 Å². The summed E-state index contributed by atoms with van der Waals surface area (Å²) in [5, 5.41) is 8.26. The van der Waals surface area contributed by atoms with Crippen molar-refractivity contribution in [1.29, 1.82) is 0 Å². The van der Waals surface area contributed by atoms with Gasteiger partial charge in [0.2, 0.25) is 0 Å². The molecule has 1 aliphatic rings. The molecule has 1 aliphatic heterocycles. The van der Waals surface area contributed by atoms with Crippen molar-refractivity contribution in [3.63, 3.8) is 0 Å². The van der Waals surface area contributed by atoms with Crippen molar-refractivity contribution in [2.24, 2.45) is 0 Å². The summed E-state index contributed by atoms with van der Waals surface area (Å²) < 4.78 is 0.888. The van der Waals surface area contributed by atoms with E-state index in [0.29, 0.717) is 6.04 Å². The number of carbonyl (C=O) groups excluding carboxylic acids is 1. The molecule has 1 fully saturated rings. The number of piperidine rings is 1. The Morgan fingerprint density at radius 1 is 1.50 bits per heavy atom. The van der Waals surface area contributed by atoms with Gasteiger partial charge in [-0.3, -0.25) is 4.79 Å². The Labute approximate surface area is 114 Å². The van der Waals surface area contributed by atoms with E-state index in [1.807, 2.05) is 11.4 Å². The Kier molecular flexibility index (Phi) is 5.75. The zero-order valence-corrected chi connectivity index (χ0v) is 11.9. The van der Waals surface area contributed by atoms with E-state index in [9.17, 15) is 4.79 Å². The fourth-order valence-corrected chi connectivity index (χ4v) is 3.13.